The van der Waals surface area contributed by atoms with Crippen molar-refractivity contribution in [3.05, 3.63) is 30.3 Å². The van der Waals surface area contributed by atoms with Gasteiger partial charge in [-0.25, -0.2) is 13.1 Å². The van der Waals surface area contributed by atoms with Gasteiger partial charge in [0.25, 0.3) is 10.0 Å². The fraction of sp³-hybridized carbons (Fsp3) is 0.125. The Morgan fingerprint density at radius 3 is 2.36 bits per heavy atom. The lowest BCUT2D eigenvalue weighted by Crippen LogP contribution is -2.31. The summed E-state index contributed by atoms with van der Waals surface area (Å²) in [5.74, 6) is -1.12. The normalized spacial score (nSPS) is 10.9. The summed E-state index contributed by atoms with van der Waals surface area (Å²) in [5.41, 5.74) is 0. The Morgan fingerprint density at radius 2 is 1.86 bits per heavy atom. The van der Waals surface area contributed by atoms with E-state index in [2.05, 4.69) is 0 Å². The first-order valence-corrected chi connectivity index (χ1v) is 5.74. The zero-order valence-corrected chi connectivity index (χ0v) is 8.68. The summed E-state index contributed by atoms with van der Waals surface area (Å²) in [7, 11) is -3.76. The molecule has 0 heterocycles. The lowest BCUT2D eigenvalue weighted by molar-refractivity contribution is -0.116. The Kier molecular flexibility index (Phi) is 3.49. The number of carbonyl (C=O) groups excluding carboxylic acids is 1. The van der Waals surface area contributed by atoms with Gasteiger partial charge >= 0.3 is 0 Å². The van der Waals surface area contributed by atoms with Gasteiger partial charge in [-0.1, -0.05) is 18.2 Å². The van der Waals surface area contributed by atoms with Gasteiger partial charge in [0.05, 0.1) is 4.90 Å². The Bertz CT molecular complexity index is 415. The van der Waals surface area contributed by atoms with Crippen molar-refractivity contribution >= 4 is 27.5 Å². The zero-order chi connectivity index (χ0) is 10.6. The minimum absolute atomic E-state index is 0.0402. The van der Waals surface area contributed by atoms with Gasteiger partial charge in [0.1, 0.15) is 5.88 Å². The van der Waals surface area contributed by atoms with Crippen molar-refractivity contribution in [2.45, 2.75) is 4.90 Å². The van der Waals surface area contributed by atoms with Crippen LogP contribution < -0.4 is 4.72 Å². The van der Waals surface area contributed by atoms with E-state index in [4.69, 9.17) is 11.6 Å². The number of benzene rings is 1. The fourth-order valence-corrected chi connectivity index (χ4v) is 1.99. The molecule has 0 aromatic heterocycles. The van der Waals surface area contributed by atoms with Crippen molar-refractivity contribution in [1.82, 2.24) is 4.72 Å². The number of carbonyl (C=O) groups is 1. The van der Waals surface area contributed by atoms with Crippen molar-refractivity contribution in [2.24, 2.45) is 0 Å². The lowest BCUT2D eigenvalue weighted by Gasteiger charge is -2.04. The van der Waals surface area contributed by atoms with Crippen molar-refractivity contribution in [3.63, 3.8) is 0 Å². The van der Waals surface area contributed by atoms with Crippen molar-refractivity contribution in [3.8, 4) is 0 Å². The molecule has 0 saturated heterocycles. The molecule has 1 rings (SSSR count). The molecule has 0 bridgehead atoms. The van der Waals surface area contributed by atoms with Gasteiger partial charge in [0.2, 0.25) is 5.91 Å². The van der Waals surface area contributed by atoms with Gasteiger partial charge in [-0.3, -0.25) is 4.79 Å². The quantitative estimate of drug-likeness (QED) is 0.783. The van der Waals surface area contributed by atoms with Gasteiger partial charge in [0.15, 0.2) is 0 Å². The Labute approximate surface area is 86.9 Å². The van der Waals surface area contributed by atoms with Crippen LogP contribution in [0.2, 0.25) is 0 Å². The van der Waals surface area contributed by atoms with Crippen LogP contribution in [0.15, 0.2) is 35.2 Å². The predicted octanol–water partition coefficient (Wildman–Crippen LogP) is 0.730. The molecule has 1 aromatic carbocycles. The van der Waals surface area contributed by atoms with Gasteiger partial charge in [-0.2, -0.15) is 0 Å². The van der Waals surface area contributed by atoms with Gasteiger partial charge in [-0.15, -0.1) is 11.6 Å². The highest BCUT2D eigenvalue weighted by Gasteiger charge is 2.15. The molecule has 14 heavy (non-hydrogen) atoms. The first-order valence-electron chi connectivity index (χ1n) is 3.73. The number of alkyl halides is 1. The van der Waals surface area contributed by atoms with Gasteiger partial charge < -0.3 is 0 Å². The molecule has 0 aliphatic rings. The molecular formula is C8H8ClNO3S. The van der Waals surface area contributed by atoms with Crippen LogP contribution in [-0.2, 0) is 14.8 Å². The highest BCUT2D eigenvalue weighted by molar-refractivity contribution is 7.90. The summed E-state index contributed by atoms with van der Waals surface area (Å²) in [6.07, 6.45) is 0. The highest BCUT2D eigenvalue weighted by atomic mass is 35.5. The van der Waals surface area contributed by atoms with E-state index in [0.29, 0.717) is 0 Å². The largest absolute Gasteiger partial charge is 0.273 e. The molecule has 0 fully saturated rings. The number of halogens is 1. The van der Waals surface area contributed by atoms with Gasteiger partial charge in [-0.05, 0) is 12.1 Å². The second kappa shape index (κ2) is 4.43. The summed E-state index contributed by atoms with van der Waals surface area (Å²) >= 11 is 5.17. The molecule has 0 aliphatic carbocycles. The first kappa shape index (κ1) is 11.0. The number of nitrogens with one attached hydrogen (secondary N) is 1. The van der Waals surface area contributed by atoms with Crippen molar-refractivity contribution < 1.29 is 13.2 Å². The molecule has 0 saturated carbocycles. The van der Waals surface area contributed by atoms with E-state index in [0.717, 1.165) is 0 Å². The molecule has 0 unspecified atom stereocenters. The van der Waals surface area contributed by atoms with E-state index >= 15 is 0 Å². The van der Waals surface area contributed by atoms with E-state index in [9.17, 15) is 13.2 Å². The van der Waals surface area contributed by atoms with E-state index < -0.39 is 15.9 Å². The summed E-state index contributed by atoms with van der Waals surface area (Å²) < 4.78 is 24.6. The van der Waals surface area contributed by atoms with Crippen LogP contribution in [0.25, 0.3) is 0 Å². The monoisotopic (exact) mass is 233 g/mol. The van der Waals surface area contributed by atoms with E-state index in [1.165, 1.54) is 12.1 Å². The number of sulfonamides is 1. The number of amides is 1. The number of hydrogen-bond acceptors (Lipinski definition) is 3. The predicted molar refractivity (Wildman–Crippen MR) is 52.5 cm³/mol. The standard InChI is InChI=1S/C8H8ClNO3S/c9-6-8(11)10-14(12,13)7-4-2-1-3-5-7/h1-5H,6H2,(H,10,11). The summed E-state index contributed by atoms with van der Waals surface area (Å²) in [6.45, 7) is 0. The topological polar surface area (TPSA) is 63.2 Å². The van der Waals surface area contributed by atoms with E-state index in [1.54, 1.807) is 18.2 Å². The van der Waals surface area contributed by atoms with Gasteiger partial charge in [0, 0.05) is 0 Å². The average molecular weight is 234 g/mol. The van der Waals surface area contributed by atoms with E-state index in [1.807, 2.05) is 4.72 Å². The maximum atomic E-state index is 11.4. The van der Waals surface area contributed by atoms with Crippen molar-refractivity contribution in [2.75, 3.05) is 5.88 Å². The first-order chi connectivity index (χ1) is 6.56. The summed E-state index contributed by atoms with van der Waals surface area (Å²) in [5, 5.41) is 0. The smallest absolute Gasteiger partial charge is 0.264 e. The molecular weight excluding hydrogens is 226 g/mol. The zero-order valence-electron chi connectivity index (χ0n) is 7.10. The molecule has 1 N–H and O–H groups in total. The van der Waals surface area contributed by atoms with Crippen LogP contribution in [0.1, 0.15) is 0 Å². The van der Waals surface area contributed by atoms with Crippen LogP contribution >= 0.6 is 11.6 Å². The van der Waals surface area contributed by atoms with Crippen LogP contribution in [0, 0.1) is 0 Å². The minimum Gasteiger partial charge on any atom is -0.273 e. The molecule has 4 nitrogen and oxygen atoms in total. The molecule has 1 amide bonds. The van der Waals surface area contributed by atoms with Crippen LogP contribution in [0.4, 0.5) is 0 Å². The number of hydrogen-bond donors (Lipinski definition) is 1. The molecule has 0 radical (unpaired) electrons. The SMILES string of the molecule is O=C(CCl)NS(=O)(=O)c1ccccc1. The molecule has 1 aromatic rings. The third kappa shape index (κ3) is 2.71. The number of rotatable bonds is 3. The molecule has 0 spiro atoms. The minimum atomic E-state index is -3.76. The molecule has 76 valence electrons. The average Bonchev–Trinajstić information content (AvgIpc) is 2.18. The Balaban J connectivity index is 2.93. The van der Waals surface area contributed by atoms with E-state index in [-0.39, 0.29) is 10.8 Å². The van der Waals surface area contributed by atoms with Crippen LogP contribution in [0.3, 0.4) is 0 Å². The van der Waals surface area contributed by atoms with Crippen LogP contribution in [0.5, 0.6) is 0 Å². The van der Waals surface area contributed by atoms with Crippen LogP contribution in [-0.4, -0.2) is 20.2 Å². The molecule has 0 atom stereocenters. The summed E-state index contributed by atoms with van der Waals surface area (Å²) in [6, 6.07) is 7.61. The lowest BCUT2D eigenvalue weighted by atomic mass is 10.4. The fourth-order valence-electron chi connectivity index (χ4n) is 0.836. The molecule has 6 heteroatoms. The van der Waals surface area contributed by atoms with Crippen molar-refractivity contribution in [1.29, 1.82) is 0 Å². The maximum absolute atomic E-state index is 11.4. The second-order valence-corrected chi connectivity index (χ2v) is 4.43. The third-order valence-corrected chi connectivity index (χ3v) is 3.05. The third-order valence-electron chi connectivity index (χ3n) is 1.42. The Hall–Kier alpha value is -1.07. The Morgan fingerprint density at radius 1 is 1.29 bits per heavy atom. The highest BCUT2D eigenvalue weighted by Crippen LogP contribution is 2.06. The maximum Gasteiger partial charge on any atom is 0.264 e. The summed E-state index contributed by atoms with van der Waals surface area (Å²) in [4.78, 5) is 10.8. The second-order valence-electron chi connectivity index (χ2n) is 2.48. The molecule has 0 aliphatic heterocycles.